The lowest BCUT2D eigenvalue weighted by Crippen LogP contribution is -2.41. The van der Waals surface area contributed by atoms with Crippen LogP contribution in [0.4, 0.5) is 11.4 Å². The predicted molar refractivity (Wildman–Crippen MR) is 112 cm³/mol. The monoisotopic (exact) mass is 415 g/mol. The van der Waals surface area contributed by atoms with E-state index in [9.17, 15) is 18.0 Å². The number of amides is 2. The molecule has 1 aliphatic heterocycles. The second-order valence-corrected chi connectivity index (χ2v) is 9.09. The van der Waals surface area contributed by atoms with Crippen LogP contribution in [-0.2, 0) is 14.8 Å². The van der Waals surface area contributed by atoms with E-state index in [1.165, 1.54) is 31.2 Å². The summed E-state index contributed by atoms with van der Waals surface area (Å²) in [5, 5.41) is 5.41. The maximum Gasteiger partial charge on any atom is 0.255 e. The number of sulfonamides is 1. The first kappa shape index (κ1) is 21.0. The van der Waals surface area contributed by atoms with E-state index in [4.69, 9.17) is 0 Å². The number of nitrogens with one attached hydrogen (secondary N) is 2. The molecule has 8 heteroatoms. The Morgan fingerprint density at radius 3 is 2.07 bits per heavy atom. The van der Waals surface area contributed by atoms with Crippen LogP contribution in [0, 0.1) is 0 Å². The van der Waals surface area contributed by atoms with Crippen LogP contribution in [-0.4, -0.2) is 37.1 Å². The summed E-state index contributed by atoms with van der Waals surface area (Å²) in [6.07, 6.45) is 2.77. The van der Waals surface area contributed by atoms with E-state index in [0.717, 1.165) is 19.3 Å². The zero-order chi connectivity index (χ0) is 21.0. The van der Waals surface area contributed by atoms with Gasteiger partial charge in [-0.1, -0.05) is 6.42 Å². The number of hydrogen-bond acceptors (Lipinski definition) is 4. The van der Waals surface area contributed by atoms with Crippen LogP contribution in [0.25, 0.3) is 0 Å². The number of rotatable bonds is 5. The number of piperidine rings is 1. The van der Waals surface area contributed by atoms with Crippen LogP contribution in [0.5, 0.6) is 0 Å². The van der Waals surface area contributed by atoms with Gasteiger partial charge in [-0.05, 0) is 68.3 Å². The van der Waals surface area contributed by atoms with Crippen molar-refractivity contribution in [1.82, 2.24) is 4.31 Å². The van der Waals surface area contributed by atoms with Crippen molar-refractivity contribution >= 4 is 33.2 Å². The van der Waals surface area contributed by atoms with Crippen molar-refractivity contribution in [1.29, 1.82) is 0 Å². The quantitative estimate of drug-likeness (QED) is 0.782. The Hall–Kier alpha value is -2.71. The Balaban J connectivity index is 1.69. The molecule has 29 heavy (non-hydrogen) atoms. The largest absolute Gasteiger partial charge is 0.326 e. The van der Waals surface area contributed by atoms with Gasteiger partial charge in [-0.15, -0.1) is 0 Å². The Labute approximate surface area is 171 Å². The number of anilines is 2. The molecule has 2 N–H and O–H groups in total. The lowest BCUT2D eigenvalue weighted by molar-refractivity contribution is -0.114. The predicted octanol–water partition coefficient (Wildman–Crippen LogP) is 3.46. The molecule has 1 saturated heterocycles. The van der Waals surface area contributed by atoms with E-state index in [1.54, 1.807) is 28.6 Å². The molecular formula is C21H25N3O4S. The Morgan fingerprint density at radius 2 is 1.52 bits per heavy atom. The third-order valence-electron chi connectivity index (χ3n) is 4.93. The second-order valence-electron chi connectivity index (χ2n) is 7.20. The first-order valence-electron chi connectivity index (χ1n) is 9.58. The molecule has 154 valence electrons. The van der Waals surface area contributed by atoms with Crippen LogP contribution in [0.2, 0.25) is 0 Å². The molecule has 2 aromatic carbocycles. The molecule has 2 amide bonds. The Kier molecular flexibility index (Phi) is 6.34. The van der Waals surface area contributed by atoms with Gasteiger partial charge in [0.15, 0.2) is 0 Å². The molecule has 1 atom stereocenters. The summed E-state index contributed by atoms with van der Waals surface area (Å²) in [6, 6.07) is 12.7. The van der Waals surface area contributed by atoms with Crippen LogP contribution in [0.3, 0.4) is 0 Å². The van der Waals surface area contributed by atoms with Crippen molar-refractivity contribution in [2.45, 2.75) is 44.0 Å². The summed E-state index contributed by atoms with van der Waals surface area (Å²) in [5.41, 5.74) is 1.57. The number of hydrogen-bond donors (Lipinski definition) is 2. The minimum atomic E-state index is -3.56. The molecule has 1 unspecified atom stereocenters. The normalized spacial score (nSPS) is 17.5. The van der Waals surface area contributed by atoms with E-state index in [2.05, 4.69) is 10.6 Å². The highest BCUT2D eigenvalue weighted by Gasteiger charge is 2.30. The lowest BCUT2D eigenvalue weighted by Gasteiger charge is -2.32. The van der Waals surface area contributed by atoms with E-state index in [1.807, 2.05) is 6.92 Å². The summed E-state index contributed by atoms with van der Waals surface area (Å²) in [6.45, 7) is 3.88. The van der Waals surface area contributed by atoms with Crippen molar-refractivity contribution in [3.63, 3.8) is 0 Å². The molecular weight excluding hydrogens is 390 g/mol. The van der Waals surface area contributed by atoms with Gasteiger partial charge in [-0.25, -0.2) is 8.42 Å². The minimum absolute atomic E-state index is 0.0165. The Bertz CT molecular complexity index is 986. The van der Waals surface area contributed by atoms with Gasteiger partial charge < -0.3 is 10.6 Å². The van der Waals surface area contributed by atoms with Gasteiger partial charge >= 0.3 is 0 Å². The maximum atomic E-state index is 12.9. The SMILES string of the molecule is CC(=O)Nc1ccc(NC(=O)c2ccc(S(=O)(=O)N3CCCCC3C)cc2)cc1. The first-order chi connectivity index (χ1) is 13.8. The van der Waals surface area contributed by atoms with Crippen molar-refractivity contribution in [3.8, 4) is 0 Å². The van der Waals surface area contributed by atoms with Gasteiger partial charge in [0.1, 0.15) is 0 Å². The first-order valence-corrected chi connectivity index (χ1v) is 11.0. The molecule has 0 saturated carbocycles. The fraction of sp³-hybridized carbons (Fsp3) is 0.333. The smallest absolute Gasteiger partial charge is 0.255 e. The standard InChI is InChI=1S/C21H25N3O4S/c1-15-5-3-4-14-24(15)29(27,28)20-12-6-17(7-13-20)21(26)23-19-10-8-18(9-11-19)22-16(2)25/h6-13,15H,3-5,14H2,1-2H3,(H,22,25)(H,23,26). The molecule has 1 heterocycles. The van der Waals surface area contributed by atoms with Crippen LogP contribution in [0.1, 0.15) is 43.5 Å². The van der Waals surface area contributed by atoms with E-state index in [-0.39, 0.29) is 22.8 Å². The van der Waals surface area contributed by atoms with Crippen LogP contribution >= 0.6 is 0 Å². The lowest BCUT2D eigenvalue weighted by atomic mass is 10.1. The number of nitrogens with zero attached hydrogens (tertiary/aromatic N) is 1. The summed E-state index contributed by atoms with van der Waals surface area (Å²) in [4.78, 5) is 23.7. The van der Waals surface area contributed by atoms with Crippen molar-refractivity contribution in [3.05, 3.63) is 54.1 Å². The summed E-state index contributed by atoms with van der Waals surface area (Å²) in [5.74, 6) is -0.511. The molecule has 7 nitrogen and oxygen atoms in total. The summed E-state index contributed by atoms with van der Waals surface area (Å²) < 4.78 is 27.3. The van der Waals surface area contributed by atoms with Crippen molar-refractivity contribution in [2.75, 3.05) is 17.2 Å². The zero-order valence-electron chi connectivity index (χ0n) is 16.5. The highest BCUT2D eigenvalue weighted by molar-refractivity contribution is 7.89. The van der Waals surface area contributed by atoms with E-state index < -0.39 is 10.0 Å². The molecule has 0 bridgehead atoms. The van der Waals surface area contributed by atoms with E-state index in [0.29, 0.717) is 23.5 Å². The topological polar surface area (TPSA) is 95.6 Å². The number of benzene rings is 2. The van der Waals surface area contributed by atoms with Crippen molar-refractivity contribution in [2.24, 2.45) is 0 Å². The summed E-state index contributed by atoms with van der Waals surface area (Å²) >= 11 is 0. The third kappa shape index (κ3) is 5.02. The van der Waals surface area contributed by atoms with Gasteiger partial charge in [0.25, 0.3) is 5.91 Å². The van der Waals surface area contributed by atoms with Gasteiger partial charge in [0, 0.05) is 36.4 Å². The van der Waals surface area contributed by atoms with Crippen molar-refractivity contribution < 1.29 is 18.0 Å². The molecule has 1 aliphatic rings. The van der Waals surface area contributed by atoms with Crippen LogP contribution < -0.4 is 10.6 Å². The van der Waals surface area contributed by atoms with Gasteiger partial charge in [-0.3, -0.25) is 9.59 Å². The Morgan fingerprint density at radius 1 is 0.931 bits per heavy atom. The second kappa shape index (κ2) is 8.75. The number of carbonyl (C=O) groups is 2. The molecule has 0 aromatic heterocycles. The number of carbonyl (C=O) groups excluding carboxylic acids is 2. The highest BCUT2D eigenvalue weighted by atomic mass is 32.2. The van der Waals surface area contributed by atoms with E-state index >= 15 is 0 Å². The minimum Gasteiger partial charge on any atom is -0.326 e. The molecule has 0 spiro atoms. The average Bonchev–Trinajstić information content (AvgIpc) is 2.69. The van der Waals surface area contributed by atoms with Gasteiger partial charge in [0.2, 0.25) is 15.9 Å². The maximum absolute atomic E-state index is 12.9. The highest BCUT2D eigenvalue weighted by Crippen LogP contribution is 2.25. The summed E-state index contributed by atoms with van der Waals surface area (Å²) in [7, 11) is -3.56. The molecule has 2 aromatic rings. The fourth-order valence-corrected chi connectivity index (χ4v) is 5.09. The zero-order valence-corrected chi connectivity index (χ0v) is 17.3. The molecule has 0 radical (unpaired) electrons. The average molecular weight is 416 g/mol. The molecule has 0 aliphatic carbocycles. The molecule has 3 rings (SSSR count). The van der Waals surface area contributed by atoms with Gasteiger partial charge in [0.05, 0.1) is 4.90 Å². The van der Waals surface area contributed by atoms with Gasteiger partial charge in [-0.2, -0.15) is 4.31 Å². The molecule has 1 fully saturated rings. The third-order valence-corrected chi connectivity index (χ3v) is 6.96. The van der Waals surface area contributed by atoms with Crippen LogP contribution in [0.15, 0.2) is 53.4 Å². The fourth-order valence-electron chi connectivity index (χ4n) is 3.39.